The van der Waals surface area contributed by atoms with Crippen LogP contribution >= 0.6 is 11.6 Å². The maximum absolute atomic E-state index is 15.3. The number of nitrogens with zero attached hydrogens (tertiary/aromatic N) is 4. The first-order chi connectivity index (χ1) is 16.0. The molecule has 180 valence electrons. The number of aromatic nitrogens is 3. The van der Waals surface area contributed by atoms with Crippen molar-refractivity contribution in [2.45, 2.75) is 46.6 Å². The number of carbonyl (C=O) groups excluding carboxylic acids is 2. The van der Waals surface area contributed by atoms with Gasteiger partial charge in [-0.25, -0.2) is 14.4 Å². The van der Waals surface area contributed by atoms with E-state index in [1.54, 1.807) is 26.2 Å². The Kier molecular flexibility index (Phi) is 6.24. The van der Waals surface area contributed by atoms with Gasteiger partial charge in [-0.15, -0.1) is 0 Å². The zero-order valence-electron chi connectivity index (χ0n) is 19.7. The van der Waals surface area contributed by atoms with Gasteiger partial charge in [-0.3, -0.25) is 14.0 Å². The number of Topliss-reactive ketones (excluding diaryl/α,β-unsaturated/α-hetero) is 1. The van der Waals surface area contributed by atoms with Crippen molar-refractivity contribution in [3.8, 4) is 5.75 Å². The van der Waals surface area contributed by atoms with Gasteiger partial charge in [0.2, 0.25) is 0 Å². The second-order valence-electron chi connectivity index (χ2n) is 8.96. The third kappa shape index (κ3) is 3.98. The summed E-state index contributed by atoms with van der Waals surface area (Å²) in [5.74, 6) is -0.982. The van der Waals surface area contributed by atoms with Crippen molar-refractivity contribution < 1.29 is 18.7 Å². The van der Waals surface area contributed by atoms with Crippen LogP contribution in [0, 0.1) is 18.7 Å². The zero-order chi connectivity index (χ0) is 24.9. The molecule has 1 atom stereocenters. The lowest BCUT2D eigenvalue weighted by molar-refractivity contribution is -0.124. The predicted molar refractivity (Wildman–Crippen MR) is 127 cm³/mol. The van der Waals surface area contributed by atoms with Crippen molar-refractivity contribution in [2.75, 3.05) is 18.8 Å². The number of ether oxygens (including phenoxy) is 1. The third-order valence-corrected chi connectivity index (χ3v) is 6.43. The topological polar surface area (TPSA) is 103 Å². The lowest BCUT2D eigenvalue weighted by Crippen LogP contribution is -2.52. The van der Waals surface area contributed by atoms with Gasteiger partial charge in [0, 0.05) is 37.0 Å². The van der Waals surface area contributed by atoms with Crippen LogP contribution in [0.25, 0.3) is 5.52 Å². The number of benzene rings is 1. The molecule has 0 aliphatic carbocycles. The van der Waals surface area contributed by atoms with Crippen LogP contribution < -0.4 is 10.5 Å². The second-order valence-corrected chi connectivity index (χ2v) is 9.37. The van der Waals surface area contributed by atoms with Gasteiger partial charge in [-0.2, -0.15) is 0 Å². The first kappa shape index (κ1) is 23.9. The van der Waals surface area contributed by atoms with Crippen LogP contribution in [-0.2, 0) is 4.79 Å². The SMILES string of the molecule is CC(=O)C1CN(C(=O)c2c(F)c(Cl)cc(C(C)c3nc(C)c4c(N)nccn34)c2OC(C)C)C1. The molecule has 2 aromatic heterocycles. The number of imidazole rings is 1. The van der Waals surface area contributed by atoms with Crippen molar-refractivity contribution >= 4 is 34.6 Å². The van der Waals surface area contributed by atoms with Crippen LogP contribution in [-0.4, -0.2) is 50.2 Å². The van der Waals surface area contributed by atoms with E-state index < -0.39 is 17.6 Å². The normalized spacial score (nSPS) is 15.0. The van der Waals surface area contributed by atoms with Gasteiger partial charge < -0.3 is 15.4 Å². The number of fused-ring (bicyclic) bond motifs is 1. The highest BCUT2D eigenvalue weighted by molar-refractivity contribution is 6.31. The van der Waals surface area contributed by atoms with Crippen LogP contribution in [0.5, 0.6) is 5.75 Å². The van der Waals surface area contributed by atoms with E-state index in [1.807, 2.05) is 18.2 Å². The number of rotatable bonds is 6. The largest absolute Gasteiger partial charge is 0.490 e. The number of aryl methyl sites for hydroxylation is 1. The summed E-state index contributed by atoms with van der Waals surface area (Å²) in [5, 5.41) is -0.191. The first-order valence-electron chi connectivity index (χ1n) is 11.1. The zero-order valence-corrected chi connectivity index (χ0v) is 20.5. The summed E-state index contributed by atoms with van der Waals surface area (Å²) in [6.45, 7) is 9.27. The molecule has 1 amide bonds. The van der Waals surface area contributed by atoms with Crippen molar-refractivity contribution in [3.05, 3.63) is 51.9 Å². The van der Waals surface area contributed by atoms with Crippen molar-refractivity contribution in [3.63, 3.8) is 0 Å². The van der Waals surface area contributed by atoms with E-state index in [0.29, 0.717) is 28.4 Å². The summed E-state index contributed by atoms with van der Waals surface area (Å²) in [6.07, 6.45) is 2.99. The Hall–Kier alpha value is -3.20. The summed E-state index contributed by atoms with van der Waals surface area (Å²) in [5.41, 5.74) is 7.72. The fourth-order valence-electron chi connectivity index (χ4n) is 4.28. The fourth-order valence-corrected chi connectivity index (χ4v) is 4.49. The fraction of sp³-hybridized carbons (Fsp3) is 0.417. The van der Waals surface area contributed by atoms with Crippen LogP contribution in [0.2, 0.25) is 5.02 Å². The van der Waals surface area contributed by atoms with E-state index >= 15 is 4.39 Å². The van der Waals surface area contributed by atoms with Gasteiger partial charge in [-0.1, -0.05) is 18.5 Å². The highest BCUT2D eigenvalue weighted by Gasteiger charge is 2.38. The molecule has 34 heavy (non-hydrogen) atoms. The minimum absolute atomic E-state index is 0.00102. The van der Waals surface area contributed by atoms with Gasteiger partial charge in [0.1, 0.15) is 34.3 Å². The minimum atomic E-state index is -0.845. The van der Waals surface area contributed by atoms with Crippen molar-refractivity contribution in [1.29, 1.82) is 0 Å². The van der Waals surface area contributed by atoms with Crippen LogP contribution in [0.3, 0.4) is 0 Å². The average molecular weight is 488 g/mol. The van der Waals surface area contributed by atoms with E-state index in [9.17, 15) is 9.59 Å². The monoisotopic (exact) mass is 487 g/mol. The molecule has 1 aliphatic heterocycles. The number of halogens is 2. The van der Waals surface area contributed by atoms with E-state index in [0.717, 1.165) is 0 Å². The van der Waals surface area contributed by atoms with E-state index in [4.69, 9.17) is 22.1 Å². The molecule has 3 heterocycles. The standard InChI is InChI=1S/C24H27ClFN5O3/c1-11(2)34-21-16(12(3)23-29-13(4)20-22(27)28-6-7-31(20)23)8-17(25)19(26)18(21)24(33)30-9-15(10-30)14(5)32/h6-8,11-12,15H,9-10H2,1-5H3,(H2,27,28). The molecule has 0 bridgehead atoms. The smallest absolute Gasteiger partial charge is 0.260 e. The summed E-state index contributed by atoms with van der Waals surface area (Å²) in [6, 6.07) is 1.48. The lowest BCUT2D eigenvalue weighted by atomic mass is 9.92. The number of nitrogen functional groups attached to an aromatic ring is 1. The molecule has 8 nitrogen and oxygen atoms in total. The number of anilines is 1. The van der Waals surface area contributed by atoms with Gasteiger partial charge in [0.05, 0.1) is 22.7 Å². The third-order valence-electron chi connectivity index (χ3n) is 6.15. The second kappa shape index (κ2) is 8.87. The molecule has 1 fully saturated rings. The molecule has 0 radical (unpaired) electrons. The van der Waals surface area contributed by atoms with Crippen LogP contribution in [0.4, 0.5) is 10.2 Å². The van der Waals surface area contributed by atoms with E-state index in [2.05, 4.69) is 9.97 Å². The number of carbonyl (C=O) groups is 2. The number of hydrogen-bond donors (Lipinski definition) is 1. The molecule has 0 spiro atoms. The molecule has 1 aromatic carbocycles. The minimum Gasteiger partial charge on any atom is -0.490 e. The molecular weight excluding hydrogens is 461 g/mol. The molecule has 3 aromatic rings. The number of amides is 1. The highest BCUT2D eigenvalue weighted by Crippen LogP contribution is 2.41. The highest BCUT2D eigenvalue weighted by atomic mass is 35.5. The predicted octanol–water partition coefficient (Wildman–Crippen LogP) is 4.01. The molecule has 1 aliphatic rings. The molecule has 2 N–H and O–H groups in total. The van der Waals surface area contributed by atoms with Gasteiger partial charge in [0.25, 0.3) is 5.91 Å². The summed E-state index contributed by atoms with van der Waals surface area (Å²) < 4.78 is 23.2. The number of likely N-dealkylation sites (tertiary alicyclic amines) is 1. The Morgan fingerprint density at radius 2 is 1.97 bits per heavy atom. The molecule has 1 unspecified atom stereocenters. The Bertz CT molecular complexity index is 1300. The van der Waals surface area contributed by atoms with E-state index in [1.165, 1.54) is 17.9 Å². The average Bonchev–Trinajstić information content (AvgIpc) is 3.06. The van der Waals surface area contributed by atoms with Gasteiger partial charge in [0.15, 0.2) is 5.82 Å². The molecular formula is C24H27ClFN5O3. The quantitative estimate of drug-likeness (QED) is 0.563. The summed E-state index contributed by atoms with van der Waals surface area (Å²) >= 11 is 6.28. The number of hydrogen-bond acceptors (Lipinski definition) is 6. The molecule has 0 saturated carbocycles. The molecule has 10 heteroatoms. The molecule has 1 saturated heterocycles. The maximum Gasteiger partial charge on any atom is 0.260 e. The Morgan fingerprint density at radius 1 is 1.29 bits per heavy atom. The van der Waals surface area contributed by atoms with Gasteiger partial charge in [-0.05, 0) is 33.8 Å². The Labute approximate surface area is 201 Å². The van der Waals surface area contributed by atoms with Crippen molar-refractivity contribution in [2.24, 2.45) is 5.92 Å². The molecule has 4 rings (SSSR count). The first-order valence-corrected chi connectivity index (χ1v) is 11.5. The Balaban J connectivity index is 1.86. The van der Waals surface area contributed by atoms with Crippen molar-refractivity contribution in [1.82, 2.24) is 19.3 Å². The lowest BCUT2D eigenvalue weighted by Gasteiger charge is -2.38. The van der Waals surface area contributed by atoms with Crippen LogP contribution in [0.15, 0.2) is 18.5 Å². The van der Waals surface area contributed by atoms with Crippen LogP contribution in [0.1, 0.15) is 61.1 Å². The summed E-state index contributed by atoms with van der Waals surface area (Å²) in [4.78, 5) is 35.2. The number of ketones is 1. The maximum atomic E-state index is 15.3. The number of nitrogens with two attached hydrogens (primary N) is 1. The van der Waals surface area contributed by atoms with E-state index in [-0.39, 0.29) is 47.2 Å². The Morgan fingerprint density at radius 3 is 2.59 bits per heavy atom. The van der Waals surface area contributed by atoms with Gasteiger partial charge >= 0.3 is 0 Å². The summed E-state index contributed by atoms with van der Waals surface area (Å²) in [7, 11) is 0.